The fourth-order valence-corrected chi connectivity index (χ4v) is 2.04. The van der Waals surface area contributed by atoms with Gasteiger partial charge in [0.15, 0.2) is 11.5 Å². The molecular formula is C16H24O5. The van der Waals surface area contributed by atoms with Crippen LogP contribution in [0.1, 0.15) is 55.8 Å². The molecule has 0 spiro atoms. The Labute approximate surface area is 125 Å². The third kappa shape index (κ3) is 5.53. The van der Waals surface area contributed by atoms with Crippen LogP contribution < -0.4 is 4.74 Å². The molecule has 0 saturated heterocycles. The van der Waals surface area contributed by atoms with Crippen molar-refractivity contribution < 1.29 is 24.5 Å². The molecule has 1 rings (SSSR count). The molecule has 0 fully saturated rings. The Morgan fingerprint density at radius 2 is 1.62 bits per heavy atom. The van der Waals surface area contributed by atoms with Gasteiger partial charge >= 0.3 is 5.97 Å². The summed E-state index contributed by atoms with van der Waals surface area (Å²) < 4.78 is 9.92. The van der Waals surface area contributed by atoms with Crippen molar-refractivity contribution in [3.8, 4) is 17.2 Å². The maximum absolute atomic E-state index is 11.3. The minimum absolute atomic E-state index is 0.0104. The van der Waals surface area contributed by atoms with E-state index in [1.54, 1.807) is 0 Å². The summed E-state index contributed by atoms with van der Waals surface area (Å²) in [5, 5.41) is 19.6. The van der Waals surface area contributed by atoms with Crippen LogP contribution in [0.5, 0.6) is 17.2 Å². The Balaban J connectivity index is 2.47. The molecule has 0 radical (unpaired) electrons. The quantitative estimate of drug-likeness (QED) is 0.537. The van der Waals surface area contributed by atoms with Gasteiger partial charge in [-0.1, -0.05) is 39.0 Å². The zero-order valence-electron chi connectivity index (χ0n) is 12.7. The Hall–Kier alpha value is -1.91. The summed E-state index contributed by atoms with van der Waals surface area (Å²) in [6, 6.07) is 2.45. The fourth-order valence-electron chi connectivity index (χ4n) is 2.04. The second kappa shape index (κ2) is 9.10. The highest BCUT2D eigenvalue weighted by molar-refractivity contribution is 5.91. The summed E-state index contributed by atoms with van der Waals surface area (Å²) in [5.74, 6) is -1.14. The number of unbranched alkanes of at least 4 members (excludes halogenated alkanes) is 5. The number of hydrogen-bond acceptors (Lipinski definition) is 5. The molecule has 0 aliphatic heterocycles. The Morgan fingerprint density at radius 1 is 1.05 bits per heavy atom. The monoisotopic (exact) mass is 296 g/mol. The van der Waals surface area contributed by atoms with Gasteiger partial charge in [0.1, 0.15) is 0 Å². The van der Waals surface area contributed by atoms with Crippen LogP contribution in [0.15, 0.2) is 12.1 Å². The minimum atomic E-state index is -0.622. The number of ether oxygens (including phenoxy) is 2. The molecule has 5 heteroatoms. The van der Waals surface area contributed by atoms with Gasteiger partial charge in [-0.2, -0.15) is 0 Å². The van der Waals surface area contributed by atoms with Crippen molar-refractivity contribution >= 4 is 5.97 Å². The molecule has 0 atom stereocenters. The highest BCUT2D eigenvalue weighted by Crippen LogP contribution is 2.37. The number of carbonyl (C=O) groups excluding carboxylic acids is 1. The molecule has 0 amide bonds. The SMILES string of the molecule is CCCCCCCCOc1c(O)cc(C(=O)OC)cc1O. The molecule has 2 N–H and O–H groups in total. The second-order valence-corrected chi connectivity index (χ2v) is 4.95. The highest BCUT2D eigenvalue weighted by Gasteiger charge is 2.15. The van der Waals surface area contributed by atoms with Gasteiger partial charge in [0.2, 0.25) is 5.75 Å². The van der Waals surface area contributed by atoms with Gasteiger partial charge in [-0.25, -0.2) is 4.79 Å². The summed E-state index contributed by atoms with van der Waals surface area (Å²) in [6.45, 7) is 2.59. The standard InChI is InChI=1S/C16H24O5/c1-3-4-5-6-7-8-9-21-15-13(17)10-12(11-14(15)18)16(19)20-2/h10-11,17-18H,3-9H2,1-2H3. The predicted octanol–water partition coefficient (Wildman–Crippen LogP) is 3.62. The van der Waals surface area contributed by atoms with E-state index >= 15 is 0 Å². The van der Waals surface area contributed by atoms with E-state index in [9.17, 15) is 15.0 Å². The number of phenolic OH excluding ortho intramolecular Hbond substituents is 2. The van der Waals surface area contributed by atoms with Gasteiger partial charge in [-0.05, 0) is 18.6 Å². The van der Waals surface area contributed by atoms with Gasteiger partial charge in [0, 0.05) is 0 Å². The van der Waals surface area contributed by atoms with Crippen LogP contribution >= 0.6 is 0 Å². The van der Waals surface area contributed by atoms with E-state index in [0.717, 1.165) is 19.3 Å². The largest absolute Gasteiger partial charge is 0.504 e. The molecule has 0 saturated carbocycles. The predicted molar refractivity (Wildman–Crippen MR) is 80.0 cm³/mol. The third-order valence-corrected chi connectivity index (χ3v) is 3.22. The first-order chi connectivity index (χ1) is 10.1. The van der Waals surface area contributed by atoms with Crippen LogP contribution in [-0.4, -0.2) is 29.9 Å². The average molecular weight is 296 g/mol. The zero-order valence-corrected chi connectivity index (χ0v) is 12.7. The zero-order chi connectivity index (χ0) is 15.7. The number of hydrogen-bond donors (Lipinski definition) is 2. The lowest BCUT2D eigenvalue weighted by Crippen LogP contribution is -2.03. The maximum atomic E-state index is 11.3. The Morgan fingerprint density at radius 3 is 2.19 bits per heavy atom. The van der Waals surface area contributed by atoms with Crippen LogP contribution in [0.25, 0.3) is 0 Å². The van der Waals surface area contributed by atoms with Crippen LogP contribution in [0.3, 0.4) is 0 Å². The van der Waals surface area contributed by atoms with Crippen LogP contribution in [0.2, 0.25) is 0 Å². The molecule has 0 aliphatic rings. The number of aromatic hydroxyl groups is 2. The first-order valence-corrected chi connectivity index (χ1v) is 7.37. The molecule has 0 aromatic heterocycles. The number of methoxy groups -OCH3 is 1. The van der Waals surface area contributed by atoms with Crippen molar-refractivity contribution in [2.24, 2.45) is 0 Å². The van der Waals surface area contributed by atoms with E-state index in [1.165, 1.54) is 38.5 Å². The first-order valence-electron chi connectivity index (χ1n) is 7.37. The van der Waals surface area contributed by atoms with Gasteiger partial charge in [-0.3, -0.25) is 0 Å². The Bertz CT molecular complexity index is 433. The lowest BCUT2D eigenvalue weighted by atomic mass is 10.1. The van der Waals surface area contributed by atoms with E-state index in [4.69, 9.17) is 4.74 Å². The van der Waals surface area contributed by atoms with Crippen molar-refractivity contribution in [1.29, 1.82) is 0 Å². The molecule has 0 heterocycles. The number of carbonyl (C=O) groups is 1. The number of esters is 1. The van der Waals surface area contributed by atoms with Crippen molar-refractivity contribution in [2.45, 2.75) is 45.4 Å². The molecule has 21 heavy (non-hydrogen) atoms. The summed E-state index contributed by atoms with van der Waals surface area (Å²) in [7, 11) is 1.24. The smallest absolute Gasteiger partial charge is 0.338 e. The molecule has 0 aliphatic carbocycles. The van der Waals surface area contributed by atoms with E-state index < -0.39 is 5.97 Å². The van der Waals surface area contributed by atoms with Crippen molar-refractivity contribution in [3.05, 3.63) is 17.7 Å². The maximum Gasteiger partial charge on any atom is 0.338 e. The average Bonchev–Trinajstić information content (AvgIpc) is 2.47. The number of phenols is 2. The topological polar surface area (TPSA) is 76.0 Å². The van der Waals surface area contributed by atoms with Crippen LogP contribution in [0.4, 0.5) is 0 Å². The second-order valence-electron chi connectivity index (χ2n) is 4.95. The van der Waals surface area contributed by atoms with Crippen LogP contribution in [-0.2, 0) is 4.74 Å². The summed E-state index contributed by atoms with van der Waals surface area (Å²) in [5.41, 5.74) is 0.0828. The Kier molecular flexibility index (Phi) is 7.43. The molecule has 0 unspecified atom stereocenters. The summed E-state index contributed by atoms with van der Waals surface area (Å²) in [4.78, 5) is 11.3. The normalized spacial score (nSPS) is 10.4. The molecule has 0 bridgehead atoms. The molecular weight excluding hydrogens is 272 g/mol. The van der Waals surface area contributed by atoms with Crippen LogP contribution in [0, 0.1) is 0 Å². The van der Waals surface area contributed by atoms with Crippen molar-refractivity contribution in [1.82, 2.24) is 0 Å². The number of rotatable bonds is 9. The minimum Gasteiger partial charge on any atom is -0.504 e. The van der Waals surface area contributed by atoms with Gasteiger partial charge < -0.3 is 19.7 Å². The summed E-state index contributed by atoms with van der Waals surface area (Å²) >= 11 is 0. The fraction of sp³-hybridized carbons (Fsp3) is 0.562. The van der Waals surface area contributed by atoms with E-state index in [0.29, 0.717) is 6.61 Å². The first kappa shape index (κ1) is 17.1. The van der Waals surface area contributed by atoms with Crippen molar-refractivity contribution in [3.63, 3.8) is 0 Å². The van der Waals surface area contributed by atoms with Gasteiger partial charge in [0.05, 0.1) is 19.3 Å². The van der Waals surface area contributed by atoms with Crippen molar-refractivity contribution in [2.75, 3.05) is 13.7 Å². The van der Waals surface area contributed by atoms with E-state index in [-0.39, 0.29) is 22.8 Å². The van der Waals surface area contributed by atoms with E-state index in [2.05, 4.69) is 11.7 Å². The molecule has 1 aromatic rings. The van der Waals surface area contributed by atoms with Gasteiger partial charge in [-0.15, -0.1) is 0 Å². The third-order valence-electron chi connectivity index (χ3n) is 3.22. The molecule has 118 valence electrons. The number of benzene rings is 1. The lowest BCUT2D eigenvalue weighted by Gasteiger charge is -2.11. The molecule has 5 nitrogen and oxygen atoms in total. The molecule has 1 aromatic carbocycles. The van der Waals surface area contributed by atoms with E-state index in [1.807, 2.05) is 0 Å². The van der Waals surface area contributed by atoms with Gasteiger partial charge in [0.25, 0.3) is 0 Å². The lowest BCUT2D eigenvalue weighted by molar-refractivity contribution is 0.0599. The highest BCUT2D eigenvalue weighted by atomic mass is 16.5. The summed E-state index contributed by atoms with van der Waals surface area (Å²) in [6.07, 6.45) is 6.77.